The topological polar surface area (TPSA) is 200 Å². The van der Waals surface area contributed by atoms with Gasteiger partial charge in [-0.05, 0) is 50.2 Å². The van der Waals surface area contributed by atoms with Crippen LogP contribution in [0, 0.1) is 5.41 Å². The van der Waals surface area contributed by atoms with Crippen molar-refractivity contribution in [2.45, 2.75) is 13.8 Å². The van der Waals surface area contributed by atoms with E-state index in [1.54, 1.807) is 0 Å². The largest absolute Gasteiger partial charge is 0.504 e. The lowest BCUT2D eigenvalue weighted by molar-refractivity contribution is -0.123. The van der Waals surface area contributed by atoms with Gasteiger partial charge in [-0.25, -0.2) is 9.59 Å². The van der Waals surface area contributed by atoms with Crippen molar-refractivity contribution in [1.29, 1.82) is 0 Å². The van der Waals surface area contributed by atoms with Crippen molar-refractivity contribution in [3.05, 3.63) is 62.8 Å². The minimum atomic E-state index is -1.27. The van der Waals surface area contributed by atoms with Crippen molar-refractivity contribution in [1.82, 2.24) is 5.32 Å². The first-order valence-electron chi connectivity index (χ1n) is 10.5. The molecule has 0 bridgehead atoms. The molecule has 36 heavy (non-hydrogen) atoms. The van der Waals surface area contributed by atoms with Gasteiger partial charge in [0.25, 0.3) is 5.91 Å². The molecule has 2 aromatic heterocycles. The zero-order valence-corrected chi connectivity index (χ0v) is 18.9. The standard InChI is InChI=1S/C24H20N2O10/c1-24(2,23(34)26-13-8-11-4-6-15(28)17(30)19(11)36-22(13)33)9-25-20(31)12-7-10-3-5-14(27)16(29)18(10)35-21(12)32/h3-8,27-30H,9H2,1-2H3,(H,25,31)(H,26,34). The monoisotopic (exact) mass is 496 g/mol. The van der Waals surface area contributed by atoms with Crippen molar-refractivity contribution in [3.8, 4) is 23.0 Å². The van der Waals surface area contributed by atoms with Crippen LogP contribution in [-0.4, -0.2) is 38.8 Å². The normalized spacial score (nSPS) is 11.5. The van der Waals surface area contributed by atoms with Crippen LogP contribution in [0.15, 0.2) is 54.8 Å². The van der Waals surface area contributed by atoms with Crippen molar-refractivity contribution >= 4 is 39.4 Å². The van der Waals surface area contributed by atoms with Crippen molar-refractivity contribution in [3.63, 3.8) is 0 Å². The summed E-state index contributed by atoms with van der Waals surface area (Å²) in [5.41, 5.74) is -4.45. The zero-order valence-electron chi connectivity index (χ0n) is 18.9. The lowest BCUT2D eigenvalue weighted by atomic mass is 9.92. The van der Waals surface area contributed by atoms with E-state index in [-0.39, 0.29) is 39.7 Å². The van der Waals surface area contributed by atoms with Crippen LogP contribution in [0.5, 0.6) is 23.0 Å². The summed E-state index contributed by atoms with van der Waals surface area (Å²) < 4.78 is 9.97. The number of benzene rings is 2. The van der Waals surface area contributed by atoms with Crippen molar-refractivity contribution in [2.24, 2.45) is 5.41 Å². The van der Waals surface area contributed by atoms with Gasteiger partial charge in [-0.15, -0.1) is 0 Å². The smallest absolute Gasteiger partial charge is 0.360 e. The summed E-state index contributed by atoms with van der Waals surface area (Å²) in [6.45, 7) is 2.72. The van der Waals surface area contributed by atoms with Gasteiger partial charge in [-0.3, -0.25) is 9.59 Å². The number of amides is 2. The van der Waals surface area contributed by atoms with Gasteiger partial charge >= 0.3 is 11.3 Å². The molecule has 4 rings (SSSR count). The highest BCUT2D eigenvalue weighted by Gasteiger charge is 2.30. The first kappa shape index (κ1) is 24.1. The molecule has 186 valence electrons. The highest BCUT2D eigenvalue weighted by atomic mass is 16.4. The molecule has 0 atom stereocenters. The van der Waals surface area contributed by atoms with E-state index < -0.39 is 51.5 Å². The number of hydrogen-bond acceptors (Lipinski definition) is 10. The SMILES string of the molecule is CC(C)(CNC(=O)c1cc2ccc(O)c(O)c2oc1=O)C(=O)Nc1cc2ccc(O)c(O)c2oc1=O. The number of phenolic OH excluding ortho intramolecular Hbond substituents is 4. The van der Waals surface area contributed by atoms with Crippen LogP contribution in [-0.2, 0) is 4.79 Å². The van der Waals surface area contributed by atoms with Crippen molar-refractivity contribution in [2.75, 3.05) is 11.9 Å². The average molecular weight is 496 g/mol. The van der Waals surface area contributed by atoms with Crippen LogP contribution in [0.25, 0.3) is 21.9 Å². The second-order valence-corrected chi connectivity index (χ2v) is 8.62. The molecule has 0 spiro atoms. The lowest BCUT2D eigenvalue weighted by Crippen LogP contribution is -2.43. The third-order valence-corrected chi connectivity index (χ3v) is 5.51. The summed E-state index contributed by atoms with van der Waals surface area (Å²) in [5.74, 6) is -3.74. The molecular weight excluding hydrogens is 476 g/mol. The summed E-state index contributed by atoms with van der Waals surface area (Å²) in [5, 5.41) is 44.1. The predicted molar refractivity (Wildman–Crippen MR) is 126 cm³/mol. The summed E-state index contributed by atoms with van der Waals surface area (Å²) >= 11 is 0. The van der Waals surface area contributed by atoms with Gasteiger partial charge in [0.15, 0.2) is 22.7 Å². The van der Waals surface area contributed by atoms with Gasteiger partial charge in [-0.1, -0.05) is 0 Å². The molecule has 12 nitrogen and oxygen atoms in total. The molecular formula is C24H20N2O10. The number of anilines is 1. The molecule has 2 aromatic carbocycles. The van der Waals surface area contributed by atoms with Gasteiger partial charge in [-0.2, -0.15) is 0 Å². The molecule has 12 heteroatoms. The Kier molecular flexibility index (Phi) is 5.80. The Morgan fingerprint density at radius 1 is 0.833 bits per heavy atom. The first-order valence-corrected chi connectivity index (χ1v) is 10.5. The fraction of sp³-hybridized carbons (Fsp3) is 0.167. The predicted octanol–water partition coefficient (Wildman–Crippen LogP) is 2.12. The van der Waals surface area contributed by atoms with Crippen LogP contribution in [0.3, 0.4) is 0 Å². The molecule has 4 aromatic rings. The third kappa shape index (κ3) is 4.27. The van der Waals surface area contributed by atoms with Crippen LogP contribution in [0.4, 0.5) is 5.69 Å². The van der Waals surface area contributed by atoms with Gasteiger partial charge < -0.3 is 39.9 Å². The molecule has 0 saturated heterocycles. The maximum Gasteiger partial charge on any atom is 0.360 e. The number of fused-ring (bicyclic) bond motifs is 2. The van der Waals surface area contributed by atoms with E-state index in [0.717, 1.165) is 0 Å². The molecule has 2 heterocycles. The molecule has 2 amide bonds. The summed E-state index contributed by atoms with van der Waals surface area (Å²) in [6.07, 6.45) is 0. The number of carbonyl (C=O) groups is 2. The van der Waals surface area contributed by atoms with Gasteiger partial charge in [0.2, 0.25) is 17.4 Å². The van der Waals surface area contributed by atoms with E-state index in [1.807, 2.05) is 0 Å². The second-order valence-electron chi connectivity index (χ2n) is 8.62. The minimum Gasteiger partial charge on any atom is -0.504 e. The summed E-state index contributed by atoms with van der Waals surface area (Å²) in [6, 6.07) is 7.52. The maximum absolute atomic E-state index is 12.8. The molecule has 0 aliphatic rings. The Morgan fingerprint density at radius 3 is 1.94 bits per heavy atom. The zero-order chi connectivity index (χ0) is 26.4. The maximum atomic E-state index is 12.8. The molecule has 0 fully saturated rings. The van der Waals surface area contributed by atoms with E-state index >= 15 is 0 Å². The summed E-state index contributed by atoms with van der Waals surface area (Å²) in [7, 11) is 0. The van der Waals surface area contributed by atoms with E-state index in [4.69, 9.17) is 8.83 Å². The molecule has 0 saturated carbocycles. The second kappa shape index (κ2) is 8.65. The van der Waals surface area contributed by atoms with E-state index in [0.29, 0.717) is 0 Å². The number of hydrogen-bond donors (Lipinski definition) is 6. The Balaban J connectivity index is 1.51. The quantitative estimate of drug-likeness (QED) is 0.176. The third-order valence-electron chi connectivity index (χ3n) is 5.51. The fourth-order valence-electron chi connectivity index (χ4n) is 3.33. The van der Waals surface area contributed by atoms with Crippen LogP contribution >= 0.6 is 0 Å². The van der Waals surface area contributed by atoms with E-state index in [1.165, 1.54) is 50.2 Å². The first-order chi connectivity index (χ1) is 16.9. The van der Waals surface area contributed by atoms with E-state index in [2.05, 4.69) is 10.6 Å². The number of rotatable bonds is 5. The van der Waals surface area contributed by atoms with Gasteiger partial charge in [0.05, 0.1) is 5.41 Å². The lowest BCUT2D eigenvalue weighted by Gasteiger charge is -2.23. The fourth-order valence-corrected chi connectivity index (χ4v) is 3.33. The molecule has 0 radical (unpaired) electrons. The van der Waals surface area contributed by atoms with Gasteiger partial charge in [0.1, 0.15) is 11.3 Å². The van der Waals surface area contributed by atoms with Gasteiger partial charge in [0, 0.05) is 17.3 Å². The number of phenols is 4. The highest BCUT2D eigenvalue weighted by molar-refractivity contribution is 5.99. The Hall–Kier alpha value is -5.00. The van der Waals surface area contributed by atoms with E-state index in [9.17, 15) is 39.6 Å². The Labute approximate surface area is 201 Å². The van der Waals surface area contributed by atoms with Crippen LogP contribution < -0.4 is 21.9 Å². The van der Waals surface area contributed by atoms with Crippen LogP contribution in [0.1, 0.15) is 24.2 Å². The molecule has 0 aliphatic carbocycles. The van der Waals surface area contributed by atoms with Crippen molar-refractivity contribution < 1.29 is 38.8 Å². The minimum absolute atomic E-state index is 0.189. The Bertz CT molecular complexity index is 1670. The molecule has 0 aliphatic heterocycles. The van der Waals surface area contributed by atoms with Crippen LogP contribution in [0.2, 0.25) is 0 Å². The number of nitrogens with one attached hydrogen (secondary N) is 2. The number of carbonyl (C=O) groups excluding carboxylic acids is 2. The molecule has 0 unspecified atom stereocenters. The molecule has 6 N–H and O–H groups in total. The average Bonchev–Trinajstić information content (AvgIpc) is 2.83. The Morgan fingerprint density at radius 2 is 1.36 bits per heavy atom. The summed E-state index contributed by atoms with van der Waals surface area (Å²) in [4.78, 5) is 50.0. The number of aromatic hydroxyl groups is 4. The highest BCUT2D eigenvalue weighted by Crippen LogP contribution is 2.34.